The first-order valence-corrected chi connectivity index (χ1v) is 9.58. The largest absolute Gasteiger partial charge is 0.484 e. The Hall–Kier alpha value is -3.39. The summed E-state index contributed by atoms with van der Waals surface area (Å²) in [6.45, 7) is 1.85. The van der Waals surface area contributed by atoms with Gasteiger partial charge in [0.05, 0.1) is 11.6 Å². The fourth-order valence-corrected chi connectivity index (χ4v) is 3.65. The maximum absolute atomic E-state index is 12.8. The summed E-state index contributed by atoms with van der Waals surface area (Å²) >= 11 is 1.34. The normalized spacial score (nSPS) is 10.9. The van der Waals surface area contributed by atoms with Crippen molar-refractivity contribution in [1.29, 1.82) is 0 Å². The highest BCUT2D eigenvalue weighted by molar-refractivity contribution is 7.17. The van der Waals surface area contributed by atoms with Gasteiger partial charge in [-0.25, -0.2) is 9.66 Å². The molecule has 0 radical (unpaired) electrons. The van der Waals surface area contributed by atoms with Crippen LogP contribution in [0, 0.1) is 0 Å². The van der Waals surface area contributed by atoms with Crippen molar-refractivity contribution in [2.24, 2.45) is 0 Å². The minimum absolute atomic E-state index is 0.218. The third-order valence-corrected chi connectivity index (χ3v) is 5.11. The molecule has 1 amide bonds. The fourth-order valence-electron chi connectivity index (χ4n) is 2.76. The summed E-state index contributed by atoms with van der Waals surface area (Å²) in [5, 5.41) is 2.21. The predicted molar refractivity (Wildman–Crippen MR) is 107 cm³/mol. The number of furan rings is 1. The van der Waals surface area contributed by atoms with Crippen molar-refractivity contribution in [3.8, 4) is 17.1 Å². The van der Waals surface area contributed by atoms with Crippen molar-refractivity contribution in [1.82, 2.24) is 9.66 Å². The average molecular weight is 395 g/mol. The van der Waals surface area contributed by atoms with Crippen molar-refractivity contribution in [2.45, 2.75) is 13.3 Å². The Kier molecular flexibility index (Phi) is 4.94. The van der Waals surface area contributed by atoms with Crippen molar-refractivity contribution >= 4 is 27.5 Å². The number of nitrogens with one attached hydrogen (secondary N) is 1. The Morgan fingerprint density at radius 3 is 2.82 bits per heavy atom. The first-order valence-electron chi connectivity index (χ1n) is 8.70. The summed E-state index contributed by atoms with van der Waals surface area (Å²) in [7, 11) is 0. The number of aromatic nitrogens is 2. The summed E-state index contributed by atoms with van der Waals surface area (Å²) < 4.78 is 11.9. The molecule has 3 aromatic heterocycles. The van der Waals surface area contributed by atoms with Crippen LogP contribution >= 0.6 is 11.3 Å². The average Bonchev–Trinajstić information content (AvgIpc) is 3.38. The standard InChI is InChI=1S/C20H17N3O4S/c1-2-13-5-7-14(8-6-13)27-10-17(24)22-23-12-21-19-18(20(23)25)15(11-28-19)16-4-3-9-26-16/h3-9,11-12H,2,10H2,1H3,(H,22,24). The number of ether oxygens (including phenoxy) is 1. The van der Waals surface area contributed by atoms with Gasteiger partial charge >= 0.3 is 0 Å². The minimum atomic E-state index is -0.461. The van der Waals surface area contributed by atoms with E-state index in [1.54, 1.807) is 18.4 Å². The third-order valence-electron chi connectivity index (χ3n) is 4.23. The van der Waals surface area contributed by atoms with Gasteiger partial charge in [0.15, 0.2) is 6.61 Å². The van der Waals surface area contributed by atoms with Crippen molar-refractivity contribution < 1.29 is 13.9 Å². The molecule has 28 heavy (non-hydrogen) atoms. The zero-order valence-electron chi connectivity index (χ0n) is 15.0. The Morgan fingerprint density at radius 2 is 2.11 bits per heavy atom. The van der Waals surface area contributed by atoms with Crippen molar-refractivity contribution in [3.63, 3.8) is 0 Å². The molecule has 0 aliphatic heterocycles. The van der Waals surface area contributed by atoms with Crippen LogP contribution in [0.1, 0.15) is 12.5 Å². The number of benzene rings is 1. The number of rotatable bonds is 6. The van der Waals surface area contributed by atoms with Crippen LogP contribution < -0.4 is 15.7 Å². The highest BCUT2D eigenvalue weighted by Gasteiger charge is 2.16. The number of hydrogen-bond acceptors (Lipinski definition) is 6. The number of nitrogens with zero attached hydrogens (tertiary/aromatic N) is 2. The lowest BCUT2D eigenvalue weighted by Crippen LogP contribution is -2.35. The molecule has 3 heterocycles. The predicted octanol–water partition coefficient (Wildman–Crippen LogP) is 3.43. The minimum Gasteiger partial charge on any atom is -0.484 e. The van der Waals surface area contributed by atoms with E-state index in [1.807, 2.05) is 29.6 Å². The van der Waals surface area contributed by atoms with Crippen LogP contribution in [0.2, 0.25) is 0 Å². The number of amides is 1. The second-order valence-electron chi connectivity index (χ2n) is 6.05. The maximum Gasteiger partial charge on any atom is 0.281 e. The molecule has 4 rings (SSSR count). The summed E-state index contributed by atoms with van der Waals surface area (Å²) in [6.07, 6.45) is 3.77. The summed E-state index contributed by atoms with van der Waals surface area (Å²) in [5.41, 5.74) is 3.97. The molecular formula is C20H17N3O4S. The quantitative estimate of drug-likeness (QED) is 0.541. The first-order chi connectivity index (χ1) is 13.7. The number of carbonyl (C=O) groups is 1. The van der Waals surface area contributed by atoms with Crippen LogP contribution in [0.3, 0.4) is 0 Å². The van der Waals surface area contributed by atoms with Gasteiger partial charge in [-0.05, 0) is 36.2 Å². The van der Waals surface area contributed by atoms with E-state index in [0.29, 0.717) is 27.3 Å². The second kappa shape index (κ2) is 7.69. The highest BCUT2D eigenvalue weighted by Crippen LogP contribution is 2.30. The van der Waals surface area contributed by atoms with Gasteiger partial charge in [-0.3, -0.25) is 15.0 Å². The van der Waals surface area contributed by atoms with Crippen LogP contribution in [0.25, 0.3) is 21.5 Å². The van der Waals surface area contributed by atoms with Crippen LogP contribution in [0.15, 0.2) is 63.6 Å². The van der Waals surface area contributed by atoms with Gasteiger partial charge in [0, 0.05) is 10.9 Å². The molecular weight excluding hydrogens is 378 g/mol. The number of carbonyl (C=O) groups excluding carboxylic acids is 1. The lowest BCUT2D eigenvalue weighted by Gasteiger charge is -2.09. The van der Waals surface area contributed by atoms with E-state index in [1.165, 1.54) is 23.2 Å². The number of aryl methyl sites for hydroxylation is 1. The molecule has 7 nitrogen and oxygen atoms in total. The van der Waals surface area contributed by atoms with E-state index in [0.717, 1.165) is 11.1 Å². The molecule has 8 heteroatoms. The third kappa shape index (κ3) is 3.54. The summed E-state index contributed by atoms with van der Waals surface area (Å²) in [6, 6.07) is 11.0. The van der Waals surface area contributed by atoms with Gasteiger partial charge in [0.25, 0.3) is 11.5 Å². The van der Waals surface area contributed by atoms with Crippen LogP contribution in [0.4, 0.5) is 0 Å². The lowest BCUT2D eigenvalue weighted by molar-refractivity contribution is -0.119. The molecule has 0 unspecified atom stereocenters. The molecule has 4 aromatic rings. The molecule has 0 aliphatic rings. The molecule has 0 fully saturated rings. The molecule has 0 aliphatic carbocycles. The molecule has 1 N–H and O–H groups in total. The number of fused-ring (bicyclic) bond motifs is 1. The Bertz CT molecular complexity index is 1160. The number of hydrogen-bond donors (Lipinski definition) is 1. The molecule has 0 bridgehead atoms. The van der Waals surface area contributed by atoms with E-state index >= 15 is 0 Å². The monoisotopic (exact) mass is 395 g/mol. The molecule has 1 aromatic carbocycles. The van der Waals surface area contributed by atoms with Gasteiger partial charge in [-0.1, -0.05) is 19.1 Å². The van der Waals surface area contributed by atoms with E-state index in [2.05, 4.69) is 17.3 Å². The summed E-state index contributed by atoms with van der Waals surface area (Å²) in [4.78, 5) is 29.9. The van der Waals surface area contributed by atoms with Gasteiger partial charge < -0.3 is 9.15 Å². The zero-order chi connectivity index (χ0) is 19.5. The topological polar surface area (TPSA) is 86.4 Å². The second-order valence-corrected chi connectivity index (χ2v) is 6.91. The van der Waals surface area contributed by atoms with Crippen LogP contribution in [-0.4, -0.2) is 22.2 Å². The van der Waals surface area contributed by atoms with Crippen molar-refractivity contribution in [2.75, 3.05) is 12.0 Å². The van der Waals surface area contributed by atoms with E-state index in [4.69, 9.17) is 9.15 Å². The van der Waals surface area contributed by atoms with E-state index in [-0.39, 0.29) is 12.2 Å². The van der Waals surface area contributed by atoms with Crippen LogP contribution in [0.5, 0.6) is 5.75 Å². The Labute approximate surface area is 164 Å². The highest BCUT2D eigenvalue weighted by atomic mass is 32.1. The smallest absolute Gasteiger partial charge is 0.281 e. The zero-order valence-corrected chi connectivity index (χ0v) is 15.9. The van der Waals surface area contributed by atoms with Gasteiger partial charge in [0.1, 0.15) is 22.7 Å². The Balaban J connectivity index is 1.51. The van der Waals surface area contributed by atoms with Crippen molar-refractivity contribution in [3.05, 3.63) is 70.3 Å². The van der Waals surface area contributed by atoms with Gasteiger partial charge in [0.2, 0.25) is 0 Å². The number of thiophene rings is 1. The molecule has 0 saturated heterocycles. The van der Waals surface area contributed by atoms with Gasteiger partial charge in [-0.15, -0.1) is 11.3 Å². The maximum atomic E-state index is 12.8. The SMILES string of the molecule is CCc1ccc(OCC(=O)Nn2cnc3scc(-c4ccco4)c3c2=O)cc1. The Morgan fingerprint density at radius 1 is 1.29 bits per heavy atom. The van der Waals surface area contributed by atoms with E-state index < -0.39 is 5.91 Å². The fraction of sp³-hybridized carbons (Fsp3) is 0.150. The van der Waals surface area contributed by atoms with E-state index in [9.17, 15) is 9.59 Å². The first kappa shape index (κ1) is 18.0. The summed E-state index contributed by atoms with van der Waals surface area (Å²) in [5.74, 6) is 0.705. The molecule has 0 spiro atoms. The molecule has 0 saturated carbocycles. The molecule has 142 valence electrons. The van der Waals surface area contributed by atoms with Crippen LogP contribution in [-0.2, 0) is 11.2 Å². The lowest BCUT2D eigenvalue weighted by atomic mass is 10.2. The van der Waals surface area contributed by atoms with Gasteiger partial charge in [-0.2, -0.15) is 0 Å². The molecule has 0 atom stereocenters.